The standard InChI is InChI=1S/C30H30N2O5/c1-2-21-19-32(29(35)31-28(21)34)27-18-25(33)26(37-27)20-36-30(22-12-6-3-7-13-22,23-14-8-4-9-15-23)24-16-10-5-11-17-24/h3-17,19,25-27,33H,2,18,20H2,1H3,(H,31,34,35)/t25?,26-,27-/m0/s1. The fourth-order valence-corrected chi connectivity index (χ4v) is 5.00. The van der Waals surface area contributed by atoms with Crippen molar-refractivity contribution in [2.24, 2.45) is 0 Å². The molecule has 1 unspecified atom stereocenters. The summed E-state index contributed by atoms with van der Waals surface area (Å²) < 4.78 is 14.3. The molecule has 2 N–H and O–H groups in total. The quantitative estimate of drug-likeness (QED) is 0.361. The molecule has 190 valence electrons. The van der Waals surface area contributed by atoms with Gasteiger partial charge in [-0.2, -0.15) is 0 Å². The maximum absolute atomic E-state index is 12.5. The van der Waals surface area contributed by atoms with E-state index in [-0.39, 0.29) is 13.0 Å². The van der Waals surface area contributed by atoms with E-state index >= 15 is 0 Å². The second-order valence-electron chi connectivity index (χ2n) is 9.20. The third-order valence-corrected chi connectivity index (χ3v) is 6.94. The van der Waals surface area contributed by atoms with Crippen molar-refractivity contribution < 1.29 is 14.6 Å². The molecule has 0 bridgehead atoms. The van der Waals surface area contributed by atoms with Gasteiger partial charge < -0.3 is 14.6 Å². The van der Waals surface area contributed by atoms with Crippen LogP contribution >= 0.6 is 0 Å². The van der Waals surface area contributed by atoms with Crippen LogP contribution in [0.4, 0.5) is 0 Å². The lowest BCUT2D eigenvalue weighted by Crippen LogP contribution is -2.38. The monoisotopic (exact) mass is 498 g/mol. The number of aromatic nitrogens is 2. The SMILES string of the molecule is CCc1cn([C@@H]2CC(O)[C@H](COC(c3ccccc3)(c3ccccc3)c3ccccc3)O2)c(=O)[nH]c1=O. The van der Waals surface area contributed by atoms with Crippen LogP contribution in [0.2, 0.25) is 0 Å². The van der Waals surface area contributed by atoms with Crippen LogP contribution in [0.1, 0.15) is 41.8 Å². The zero-order chi connectivity index (χ0) is 25.8. The van der Waals surface area contributed by atoms with Crippen molar-refractivity contribution in [2.45, 2.75) is 43.8 Å². The van der Waals surface area contributed by atoms with Gasteiger partial charge in [0.05, 0.1) is 12.7 Å². The molecule has 1 aliphatic rings. The summed E-state index contributed by atoms with van der Waals surface area (Å²) in [7, 11) is 0. The van der Waals surface area contributed by atoms with E-state index < -0.39 is 35.3 Å². The Morgan fingerprint density at radius 2 is 1.43 bits per heavy atom. The van der Waals surface area contributed by atoms with E-state index in [0.29, 0.717) is 12.0 Å². The van der Waals surface area contributed by atoms with E-state index in [1.165, 1.54) is 10.8 Å². The number of hydrogen-bond donors (Lipinski definition) is 2. The molecule has 0 aliphatic carbocycles. The fraction of sp³-hybridized carbons (Fsp3) is 0.267. The Bertz CT molecular complexity index is 1340. The van der Waals surface area contributed by atoms with Crippen molar-refractivity contribution in [3.8, 4) is 0 Å². The molecule has 5 rings (SSSR count). The Kier molecular flexibility index (Phi) is 7.19. The lowest BCUT2D eigenvalue weighted by molar-refractivity contribution is -0.0944. The minimum atomic E-state index is -0.949. The predicted octanol–water partition coefficient (Wildman–Crippen LogP) is 3.76. The summed E-state index contributed by atoms with van der Waals surface area (Å²) in [6.45, 7) is 1.92. The number of H-pyrrole nitrogens is 1. The van der Waals surface area contributed by atoms with Crippen LogP contribution in [0, 0.1) is 0 Å². The molecule has 37 heavy (non-hydrogen) atoms. The van der Waals surface area contributed by atoms with E-state index in [1.54, 1.807) is 0 Å². The maximum Gasteiger partial charge on any atom is 0.330 e. The first-order valence-corrected chi connectivity index (χ1v) is 12.5. The average Bonchev–Trinajstić information content (AvgIpc) is 3.31. The summed E-state index contributed by atoms with van der Waals surface area (Å²) in [6.07, 6.45) is -0.0380. The molecule has 1 aromatic heterocycles. The summed E-state index contributed by atoms with van der Waals surface area (Å²) in [4.78, 5) is 26.8. The van der Waals surface area contributed by atoms with Crippen molar-refractivity contribution in [3.63, 3.8) is 0 Å². The molecule has 0 radical (unpaired) electrons. The van der Waals surface area contributed by atoms with Gasteiger partial charge in [-0.3, -0.25) is 14.3 Å². The van der Waals surface area contributed by atoms with Crippen molar-refractivity contribution in [1.29, 1.82) is 0 Å². The number of aliphatic hydroxyl groups is 1. The highest BCUT2D eigenvalue weighted by atomic mass is 16.6. The number of aryl methyl sites for hydroxylation is 1. The highest BCUT2D eigenvalue weighted by Gasteiger charge is 2.41. The molecule has 1 fully saturated rings. The van der Waals surface area contributed by atoms with Crippen LogP contribution < -0.4 is 11.2 Å². The van der Waals surface area contributed by atoms with Gasteiger partial charge in [0.2, 0.25) is 0 Å². The molecule has 1 aliphatic heterocycles. The molecule has 3 aromatic carbocycles. The first kappa shape index (κ1) is 24.9. The highest BCUT2D eigenvalue weighted by Crippen LogP contribution is 2.41. The molecular weight excluding hydrogens is 468 g/mol. The smallest absolute Gasteiger partial charge is 0.330 e. The van der Waals surface area contributed by atoms with Gasteiger partial charge in [-0.1, -0.05) is 97.9 Å². The van der Waals surface area contributed by atoms with Crippen molar-refractivity contribution >= 4 is 0 Å². The molecule has 0 amide bonds. The van der Waals surface area contributed by atoms with Crippen molar-refractivity contribution in [3.05, 3.63) is 140 Å². The third-order valence-electron chi connectivity index (χ3n) is 6.94. The average molecular weight is 499 g/mol. The van der Waals surface area contributed by atoms with Crippen LogP contribution in [0.25, 0.3) is 0 Å². The minimum absolute atomic E-state index is 0.0785. The summed E-state index contributed by atoms with van der Waals surface area (Å²) in [5, 5.41) is 10.9. The Morgan fingerprint density at radius 1 is 0.919 bits per heavy atom. The second kappa shape index (κ2) is 10.7. The van der Waals surface area contributed by atoms with Gasteiger partial charge in [-0.05, 0) is 23.1 Å². The minimum Gasteiger partial charge on any atom is -0.390 e. The van der Waals surface area contributed by atoms with Crippen LogP contribution in [-0.2, 0) is 21.5 Å². The van der Waals surface area contributed by atoms with Gasteiger partial charge >= 0.3 is 5.69 Å². The van der Waals surface area contributed by atoms with Crippen LogP contribution in [0.5, 0.6) is 0 Å². The van der Waals surface area contributed by atoms with Crippen LogP contribution in [0.3, 0.4) is 0 Å². The van der Waals surface area contributed by atoms with Gasteiger partial charge in [0.25, 0.3) is 5.56 Å². The maximum atomic E-state index is 12.5. The van der Waals surface area contributed by atoms with Gasteiger partial charge in [0.1, 0.15) is 17.9 Å². The molecule has 3 atom stereocenters. The third kappa shape index (κ3) is 4.81. The number of ether oxygens (including phenoxy) is 2. The van der Waals surface area contributed by atoms with Gasteiger partial charge in [0.15, 0.2) is 0 Å². The normalized spacial score (nSPS) is 19.7. The molecule has 7 heteroatoms. The van der Waals surface area contributed by atoms with E-state index in [4.69, 9.17) is 9.47 Å². The summed E-state index contributed by atoms with van der Waals surface area (Å²) in [5.74, 6) is 0. The van der Waals surface area contributed by atoms with Gasteiger partial charge in [-0.15, -0.1) is 0 Å². The van der Waals surface area contributed by atoms with Crippen molar-refractivity contribution in [1.82, 2.24) is 9.55 Å². The first-order chi connectivity index (χ1) is 18.0. The summed E-state index contributed by atoms with van der Waals surface area (Å²) in [5.41, 5.74) is 1.40. The predicted molar refractivity (Wildman–Crippen MR) is 140 cm³/mol. The second-order valence-corrected chi connectivity index (χ2v) is 9.20. The lowest BCUT2D eigenvalue weighted by atomic mass is 9.80. The zero-order valence-corrected chi connectivity index (χ0v) is 20.6. The molecule has 0 saturated carbocycles. The Labute approximate surface area is 215 Å². The molecule has 4 aromatic rings. The molecule has 7 nitrogen and oxygen atoms in total. The molecule has 1 saturated heterocycles. The van der Waals surface area contributed by atoms with Crippen LogP contribution in [-0.4, -0.2) is 33.5 Å². The molecular formula is C30H30N2O5. The van der Waals surface area contributed by atoms with Crippen molar-refractivity contribution in [2.75, 3.05) is 6.61 Å². The molecule has 0 spiro atoms. The van der Waals surface area contributed by atoms with E-state index in [2.05, 4.69) is 4.98 Å². The highest BCUT2D eigenvalue weighted by molar-refractivity contribution is 5.47. The summed E-state index contributed by atoms with van der Waals surface area (Å²) in [6, 6.07) is 29.9. The topological polar surface area (TPSA) is 93.6 Å². The fourth-order valence-electron chi connectivity index (χ4n) is 5.00. The van der Waals surface area contributed by atoms with E-state index in [1.807, 2.05) is 97.9 Å². The number of benzene rings is 3. The number of rotatable bonds is 8. The van der Waals surface area contributed by atoms with E-state index in [9.17, 15) is 14.7 Å². The number of hydrogen-bond acceptors (Lipinski definition) is 5. The Hall–Kier alpha value is -3.78. The van der Waals surface area contributed by atoms with E-state index in [0.717, 1.165) is 16.7 Å². The van der Waals surface area contributed by atoms with Gasteiger partial charge in [0, 0.05) is 18.2 Å². The van der Waals surface area contributed by atoms with Crippen LogP contribution in [0.15, 0.2) is 107 Å². The molecule has 2 heterocycles. The lowest BCUT2D eigenvalue weighted by Gasteiger charge is -2.37. The Balaban J connectivity index is 1.49. The number of aliphatic hydroxyl groups excluding tert-OH is 1. The number of aromatic amines is 1. The summed E-state index contributed by atoms with van der Waals surface area (Å²) >= 11 is 0. The number of nitrogens with one attached hydrogen (secondary N) is 1. The van der Waals surface area contributed by atoms with Gasteiger partial charge in [-0.25, -0.2) is 4.79 Å². The largest absolute Gasteiger partial charge is 0.390 e. The first-order valence-electron chi connectivity index (χ1n) is 12.5. The Morgan fingerprint density at radius 3 is 1.92 bits per heavy atom. The number of nitrogens with zero attached hydrogens (tertiary/aromatic N) is 1. The zero-order valence-electron chi connectivity index (χ0n) is 20.6.